The zero-order valence-electron chi connectivity index (χ0n) is 11.2. The van der Waals surface area contributed by atoms with Gasteiger partial charge in [0.2, 0.25) is 10.0 Å². The minimum absolute atomic E-state index is 0.180. The average molecular weight is 340 g/mol. The van der Waals surface area contributed by atoms with Gasteiger partial charge in [0.05, 0.1) is 10.8 Å². The standard InChI is InChI=1S/C12H16ClF2N3O2S/c13-10-7-9(14)8-11(15)12(10)17-21(19,20)6-5-18-3-1-16-2-4-18/h7-8,16-17H,1-6H2. The molecule has 2 rings (SSSR count). The SMILES string of the molecule is O=S(=O)(CCN1CCNCC1)Nc1c(F)cc(F)cc1Cl. The van der Waals surface area contributed by atoms with E-state index in [9.17, 15) is 17.2 Å². The lowest BCUT2D eigenvalue weighted by Gasteiger charge is -2.26. The van der Waals surface area contributed by atoms with Crippen molar-refractivity contribution in [2.75, 3.05) is 43.2 Å². The Labute approximate surface area is 127 Å². The molecule has 1 aromatic rings. The van der Waals surface area contributed by atoms with Crippen molar-refractivity contribution in [2.45, 2.75) is 0 Å². The number of benzene rings is 1. The summed E-state index contributed by atoms with van der Waals surface area (Å²) in [5.41, 5.74) is -0.418. The predicted octanol–water partition coefficient (Wildman–Crippen LogP) is 1.27. The minimum Gasteiger partial charge on any atom is -0.314 e. The van der Waals surface area contributed by atoms with Crippen LogP contribution in [0.1, 0.15) is 0 Å². The molecule has 0 spiro atoms. The second-order valence-electron chi connectivity index (χ2n) is 4.76. The van der Waals surface area contributed by atoms with Gasteiger partial charge in [0.1, 0.15) is 11.5 Å². The summed E-state index contributed by atoms with van der Waals surface area (Å²) in [6, 6.07) is 1.44. The molecular weight excluding hydrogens is 324 g/mol. The maximum absolute atomic E-state index is 13.6. The third kappa shape index (κ3) is 4.77. The van der Waals surface area contributed by atoms with Gasteiger partial charge in [-0.15, -0.1) is 0 Å². The van der Waals surface area contributed by atoms with Gasteiger partial charge in [0.15, 0.2) is 5.82 Å². The number of anilines is 1. The Morgan fingerprint density at radius 2 is 1.95 bits per heavy atom. The van der Waals surface area contributed by atoms with E-state index in [0.717, 1.165) is 32.2 Å². The summed E-state index contributed by atoms with van der Waals surface area (Å²) < 4.78 is 52.5. The molecule has 0 saturated carbocycles. The number of halogens is 3. The molecule has 1 heterocycles. The first-order chi connectivity index (χ1) is 9.87. The van der Waals surface area contributed by atoms with Gasteiger partial charge in [-0.2, -0.15) is 0 Å². The number of rotatable bonds is 5. The average Bonchev–Trinajstić information content (AvgIpc) is 2.42. The molecule has 0 bridgehead atoms. The van der Waals surface area contributed by atoms with Crippen LogP contribution in [0.15, 0.2) is 12.1 Å². The molecule has 9 heteroatoms. The number of nitrogens with one attached hydrogen (secondary N) is 2. The van der Waals surface area contributed by atoms with Gasteiger partial charge in [-0.25, -0.2) is 17.2 Å². The number of nitrogens with zero attached hydrogens (tertiary/aromatic N) is 1. The third-order valence-electron chi connectivity index (χ3n) is 3.15. The van der Waals surface area contributed by atoms with Gasteiger partial charge in [0, 0.05) is 38.8 Å². The van der Waals surface area contributed by atoms with Gasteiger partial charge >= 0.3 is 0 Å². The Bertz CT molecular complexity index is 584. The molecule has 1 aliphatic rings. The molecular formula is C12H16ClF2N3O2S. The lowest BCUT2D eigenvalue weighted by molar-refractivity contribution is 0.254. The number of hydrogen-bond donors (Lipinski definition) is 2. The van der Waals surface area contributed by atoms with Crippen LogP contribution in [0.3, 0.4) is 0 Å². The summed E-state index contributed by atoms with van der Waals surface area (Å²) in [4.78, 5) is 2.00. The van der Waals surface area contributed by atoms with Crippen molar-refractivity contribution in [2.24, 2.45) is 0 Å². The van der Waals surface area contributed by atoms with Crippen LogP contribution in [0.2, 0.25) is 5.02 Å². The fourth-order valence-corrected chi connectivity index (χ4v) is 3.45. The third-order valence-corrected chi connectivity index (χ3v) is 4.68. The van der Waals surface area contributed by atoms with Crippen molar-refractivity contribution in [3.05, 3.63) is 28.8 Å². The van der Waals surface area contributed by atoms with E-state index < -0.39 is 27.3 Å². The van der Waals surface area contributed by atoms with Crippen LogP contribution >= 0.6 is 11.6 Å². The zero-order valence-corrected chi connectivity index (χ0v) is 12.8. The van der Waals surface area contributed by atoms with Crippen molar-refractivity contribution >= 4 is 27.3 Å². The zero-order chi connectivity index (χ0) is 15.5. The summed E-state index contributed by atoms with van der Waals surface area (Å²) in [5.74, 6) is -2.08. The smallest absolute Gasteiger partial charge is 0.234 e. The number of sulfonamides is 1. The van der Waals surface area contributed by atoms with Crippen LogP contribution in [-0.2, 0) is 10.0 Å². The normalized spacial score (nSPS) is 16.9. The van der Waals surface area contributed by atoms with Gasteiger partial charge in [-0.1, -0.05) is 11.6 Å². The molecule has 0 amide bonds. The predicted molar refractivity (Wildman–Crippen MR) is 78.1 cm³/mol. The van der Waals surface area contributed by atoms with E-state index in [-0.39, 0.29) is 10.8 Å². The molecule has 0 aliphatic carbocycles. The summed E-state index contributed by atoms with van der Waals surface area (Å²) in [5, 5.41) is 2.86. The van der Waals surface area contributed by atoms with Crippen molar-refractivity contribution in [3.63, 3.8) is 0 Å². The fraction of sp³-hybridized carbons (Fsp3) is 0.500. The van der Waals surface area contributed by atoms with Gasteiger partial charge in [-0.3, -0.25) is 9.62 Å². The molecule has 0 unspecified atom stereocenters. The monoisotopic (exact) mass is 339 g/mol. The maximum Gasteiger partial charge on any atom is 0.234 e. The van der Waals surface area contributed by atoms with Crippen LogP contribution in [0.4, 0.5) is 14.5 Å². The highest BCUT2D eigenvalue weighted by atomic mass is 35.5. The van der Waals surface area contributed by atoms with Crippen molar-refractivity contribution in [1.82, 2.24) is 10.2 Å². The molecule has 0 aromatic heterocycles. The molecule has 0 atom stereocenters. The van der Waals surface area contributed by atoms with E-state index in [0.29, 0.717) is 12.6 Å². The van der Waals surface area contributed by atoms with Gasteiger partial charge in [0.25, 0.3) is 0 Å². The van der Waals surface area contributed by atoms with Crippen LogP contribution < -0.4 is 10.0 Å². The Balaban J connectivity index is 2.00. The van der Waals surface area contributed by atoms with Gasteiger partial charge < -0.3 is 5.32 Å². The van der Waals surface area contributed by atoms with E-state index in [1.165, 1.54) is 0 Å². The van der Waals surface area contributed by atoms with E-state index in [1.807, 2.05) is 4.90 Å². The van der Waals surface area contributed by atoms with Crippen molar-refractivity contribution in [1.29, 1.82) is 0 Å². The Morgan fingerprint density at radius 1 is 1.29 bits per heavy atom. The van der Waals surface area contributed by atoms with Gasteiger partial charge in [-0.05, 0) is 6.07 Å². The lowest BCUT2D eigenvalue weighted by Crippen LogP contribution is -2.45. The Kier molecular flexibility index (Phi) is 5.37. The second kappa shape index (κ2) is 6.87. The summed E-state index contributed by atoms with van der Waals surface area (Å²) in [7, 11) is -3.75. The summed E-state index contributed by atoms with van der Waals surface area (Å²) in [6.45, 7) is 3.50. The molecule has 1 saturated heterocycles. The maximum atomic E-state index is 13.6. The summed E-state index contributed by atoms with van der Waals surface area (Å²) in [6.07, 6.45) is 0. The highest BCUT2D eigenvalue weighted by Crippen LogP contribution is 2.27. The van der Waals surface area contributed by atoms with E-state index in [2.05, 4.69) is 10.0 Å². The van der Waals surface area contributed by atoms with Crippen molar-refractivity contribution in [3.8, 4) is 0 Å². The van der Waals surface area contributed by atoms with Crippen LogP contribution in [0.5, 0.6) is 0 Å². The van der Waals surface area contributed by atoms with E-state index in [4.69, 9.17) is 11.6 Å². The fourth-order valence-electron chi connectivity index (χ4n) is 2.03. The molecule has 1 aliphatic heterocycles. The second-order valence-corrected chi connectivity index (χ2v) is 7.01. The largest absolute Gasteiger partial charge is 0.314 e. The van der Waals surface area contributed by atoms with Crippen LogP contribution in [0.25, 0.3) is 0 Å². The quantitative estimate of drug-likeness (QED) is 0.848. The molecule has 21 heavy (non-hydrogen) atoms. The molecule has 5 nitrogen and oxygen atoms in total. The number of piperazine rings is 1. The number of hydrogen-bond acceptors (Lipinski definition) is 4. The topological polar surface area (TPSA) is 61.4 Å². The first kappa shape index (κ1) is 16.4. The summed E-state index contributed by atoms with van der Waals surface area (Å²) >= 11 is 5.66. The molecule has 0 radical (unpaired) electrons. The first-order valence-corrected chi connectivity index (χ1v) is 8.48. The highest BCUT2D eigenvalue weighted by Gasteiger charge is 2.19. The molecule has 1 fully saturated rings. The van der Waals surface area contributed by atoms with E-state index >= 15 is 0 Å². The Hall–Kier alpha value is -0.960. The van der Waals surface area contributed by atoms with E-state index in [1.54, 1.807) is 0 Å². The highest BCUT2D eigenvalue weighted by molar-refractivity contribution is 7.92. The molecule has 118 valence electrons. The molecule has 1 aromatic carbocycles. The van der Waals surface area contributed by atoms with Crippen LogP contribution in [0, 0.1) is 11.6 Å². The lowest BCUT2D eigenvalue weighted by atomic mass is 10.3. The molecule has 2 N–H and O–H groups in total. The first-order valence-electron chi connectivity index (χ1n) is 6.45. The minimum atomic E-state index is -3.75. The van der Waals surface area contributed by atoms with Crippen molar-refractivity contribution < 1.29 is 17.2 Å². The van der Waals surface area contributed by atoms with Crippen LogP contribution in [-0.4, -0.2) is 51.8 Å². The Morgan fingerprint density at radius 3 is 2.57 bits per heavy atom.